The molecule has 0 radical (unpaired) electrons. The third-order valence-electron chi connectivity index (χ3n) is 1.92. The van der Waals surface area contributed by atoms with Crippen LogP contribution in [0.1, 0.15) is 6.92 Å². The van der Waals surface area contributed by atoms with Gasteiger partial charge in [-0.3, -0.25) is 4.79 Å². The Labute approximate surface area is 87.5 Å². The van der Waals surface area contributed by atoms with Crippen molar-refractivity contribution in [3.8, 4) is 5.69 Å². The third-order valence-corrected chi connectivity index (χ3v) is 1.92. The highest BCUT2D eigenvalue weighted by molar-refractivity contribution is 5.88. The van der Waals surface area contributed by atoms with Crippen molar-refractivity contribution in [1.82, 2.24) is 9.78 Å². The van der Waals surface area contributed by atoms with E-state index in [0.717, 1.165) is 5.69 Å². The van der Waals surface area contributed by atoms with Crippen LogP contribution < -0.4 is 5.32 Å². The van der Waals surface area contributed by atoms with Crippen LogP contribution in [0.15, 0.2) is 42.7 Å². The van der Waals surface area contributed by atoms with Crippen molar-refractivity contribution in [3.05, 3.63) is 42.7 Å². The number of amides is 1. The number of nitrogens with zero attached hydrogens (tertiary/aromatic N) is 2. The summed E-state index contributed by atoms with van der Waals surface area (Å²) in [6.45, 7) is 1.47. The monoisotopic (exact) mass is 201 g/mol. The number of hydrogen-bond donors (Lipinski definition) is 1. The average Bonchev–Trinajstić information content (AvgIpc) is 2.67. The number of para-hydroxylation sites is 1. The number of carbonyl (C=O) groups excluding carboxylic acids is 1. The molecule has 15 heavy (non-hydrogen) atoms. The van der Waals surface area contributed by atoms with E-state index in [2.05, 4.69) is 10.4 Å². The fourth-order valence-corrected chi connectivity index (χ4v) is 1.31. The molecule has 0 aliphatic carbocycles. The Morgan fingerprint density at radius 1 is 1.33 bits per heavy atom. The Kier molecular flexibility index (Phi) is 2.49. The molecule has 0 fully saturated rings. The van der Waals surface area contributed by atoms with Gasteiger partial charge in [0.05, 0.1) is 23.8 Å². The van der Waals surface area contributed by atoms with Gasteiger partial charge in [0.25, 0.3) is 0 Å². The van der Waals surface area contributed by atoms with Gasteiger partial charge in [-0.05, 0) is 12.1 Å². The quantitative estimate of drug-likeness (QED) is 0.805. The zero-order valence-electron chi connectivity index (χ0n) is 8.34. The molecule has 1 aromatic heterocycles. The van der Waals surface area contributed by atoms with Crippen molar-refractivity contribution in [2.24, 2.45) is 0 Å². The standard InChI is InChI=1S/C11H11N3O/c1-9(15)13-10-7-12-14(8-10)11-5-3-2-4-6-11/h2-8H,1H3,(H,13,15). The van der Waals surface area contributed by atoms with Crippen LogP contribution in [0.4, 0.5) is 5.69 Å². The normalized spacial score (nSPS) is 9.93. The molecule has 0 unspecified atom stereocenters. The Bertz CT molecular complexity index is 462. The van der Waals surface area contributed by atoms with E-state index in [1.165, 1.54) is 6.92 Å². The van der Waals surface area contributed by atoms with E-state index in [4.69, 9.17) is 0 Å². The predicted octanol–water partition coefficient (Wildman–Crippen LogP) is 1.83. The minimum atomic E-state index is -0.0948. The molecular formula is C11H11N3O. The largest absolute Gasteiger partial charge is 0.324 e. The van der Waals surface area contributed by atoms with Gasteiger partial charge < -0.3 is 5.32 Å². The Morgan fingerprint density at radius 3 is 2.73 bits per heavy atom. The van der Waals surface area contributed by atoms with Crippen LogP contribution >= 0.6 is 0 Å². The average molecular weight is 201 g/mol. The van der Waals surface area contributed by atoms with Crippen LogP contribution in [0.3, 0.4) is 0 Å². The summed E-state index contributed by atoms with van der Waals surface area (Å²) in [4.78, 5) is 10.8. The van der Waals surface area contributed by atoms with E-state index in [9.17, 15) is 4.79 Å². The van der Waals surface area contributed by atoms with E-state index >= 15 is 0 Å². The second-order valence-electron chi connectivity index (χ2n) is 3.19. The minimum Gasteiger partial charge on any atom is -0.324 e. The first kappa shape index (κ1) is 9.45. The van der Waals surface area contributed by atoms with Crippen LogP contribution in [0.2, 0.25) is 0 Å². The van der Waals surface area contributed by atoms with E-state index in [0.29, 0.717) is 5.69 Å². The molecular weight excluding hydrogens is 190 g/mol. The summed E-state index contributed by atoms with van der Waals surface area (Å²) in [5.41, 5.74) is 1.67. The first-order valence-electron chi connectivity index (χ1n) is 4.63. The van der Waals surface area contributed by atoms with Crippen LogP contribution in [0, 0.1) is 0 Å². The van der Waals surface area contributed by atoms with E-state index in [1.54, 1.807) is 17.1 Å². The number of carbonyl (C=O) groups is 1. The Hall–Kier alpha value is -2.10. The molecule has 0 aliphatic heterocycles. The van der Waals surface area contributed by atoms with Gasteiger partial charge >= 0.3 is 0 Å². The smallest absolute Gasteiger partial charge is 0.221 e. The predicted molar refractivity (Wildman–Crippen MR) is 57.9 cm³/mol. The van der Waals surface area contributed by atoms with E-state index in [-0.39, 0.29) is 5.91 Å². The van der Waals surface area contributed by atoms with E-state index in [1.807, 2.05) is 30.3 Å². The molecule has 1 heterocycles. The lowest BCUT2D eigenvalue weighted by Gasteiger charge is -1.99. The van der Waals surface area contributed by atoms with Gasteiger partial charge in [0.1, 0.15) is 0 Å². The highest BCUT2D eigenvalue weighted by atomic mass is 16.1. The Morgan fingerprint density at radius 2 is 2.07 bits per heavy atom. The van der Waals surface area contributed by atoms with Crippen LogP contribution in [0.5, 0.6) is 0 Å². The summed E-state index contributed by atoms with van der Waals surface area (Å²) in [7, 11) is 0. The fraction of sp³-hybridized carbons (Fsp3) is 0.0909. The molecule has 0 saturated carbocycles. The second-order valence-corrected chi connectivity index (χ2v) is 3.19. The molecule has 1 N–H and O–H groups in total. The number of benzene rings is 1. The molecule has 1 aromatic carbocycles. The summed E-state index contributed by atoms with van der Waals surface area (Å²) in [6.07, 6.45) is 3.39. The van der Waals surface area contributed by atoms with Gasteiger partial charge in [0, 0.05) is 6.92 Å². The first-order valence-corrected chi connectivity index (χ1v) is 4.63. The minimum absolute atomic E-state index is 0.0948. The van der Waals surface area contributed by atoms with Crippen molar-refractivity contribution in [1.29, 1.82) is 0 Å². The molecule has 2 aromatic rings. The number of nitrogens with one attached hydrogen (secondary N) is 1. The first-order chi connectivity index (χ1) is 7.25. The maximum Gasteiger partial charge on any atom is 0.221 e. The van der Waals surface area contributed by atoms with Gasteiger partial charge in [-0.25, -0.2) is 4.68 Å². The van der Waals surface area contributed by atoms with Crippen LogP contribution in [-0.2, 0) is 4.79 Å². The topological polar surface area (TPSA) is 46.9 Å². The lowest BCUT2D eigenvalue weighted by Crippen LogP contribution is -2.04. The lowest BCUT2D eigenvalue weighted by molar-refractivity contribution is -0.114. The molecule has 4 nitrogen and oxygen atoms in total. The molecule has 4 heteroatoms. The van der Waals surface area contributed by atoms with Gasteiger partial charge in [0.2, 0.25) is 5.91 Å². The Balaban J connectivity index is 2.24. The number of hydrogen-bond acceptors (Lipinski definition) is 2. The summed E-state index contributed by atoms with van der Waals surface area (Å²) < 4.78 is 1.71. The molecule has 0 aliphatic rings. The molecule has 1 amide bonds. The van der Waals surface area contributed by atoms with E-state index < -0.39 is 0 Å². The molecule has 0 saturated heterocycles. The molecule has 0 bridgehead atoms. The zero-order chi connectivity index (χ0) is 10.7. The second kappa shape index (κ2) is 3.96. The maximum atomic E-state index is 10.8. The lowest BCUT2D eigenvalue weighted by atomic mass is 10.3. The summed E-state index contributed by atoms with van der Waals surface area (Å²) in [5.74, 6) is -0.0948. The molecule has 76 valence electrons. The molecule has 2 rings (SSSR count). The van der Waals surface area contributed by atoms with Crippen LogP contribution in [-0.4, -0.2) is 15.7 Å². The fourth-order valence-electron chi connectivity index (χ4n) is 1.31. The van der Waals surface area contributed by atoms with Crippen molar-refractivity contribution < 1.29 is 4.79 Å². The highest BCUT2D eigenvalue weighted by Crippen LogP contribution is 2.10. The van der Waals surface area contributed by atoms with Gasteiger partial charge in [-0.1, -0.05) is 18.2 Å². The summed E-state index contributed by atoms with van der Waals surface area (Å²) in [5, 5.41) is 6.81. The van der Waals surface area contributed by atoms with Gasteiger partial charge in [-0.2, -0.15) is 5.10 Å². The zero-order valence-corrected chi connectivity index (χ0v) is 8.34. The van der Waals surface area contributed by atoms with Gasteiger partial charge in [-0.15, -0.1) is 0 Å². The maximum absolute atomic E-state index is 10.8. The van der Waals surface area contributed by atoms with Crippen molar-refractivity contribution >= 4 is 11.6 Å². The SMILES string of the molecule is CC(=O)Nc1cnn(-c2ccccc2)c1. The van der Waals surface area contributed by atoms with Crippen molar-refractivity contribution in [2.75, 3.05) is 5.32 Å². The number of rotatable bonds is 2. The molecule has 0 atom stereocenters. The highest BCUT2D eigenvalue weighted by Gasteiger charge is 2.00. The number of anilines is 1. The summed E-state index contributed by atoms with van der Waals surface area (Å²) in [6, 6.07) is 9.72. The molecule has 0 spiro atoms. The van der Waals surface area contributed by atoms with Crippen molar-refractivity contribution in [2.45, 2.75) is 6.92 Å². The number of aromatic nitrogens is 2. The summed E-state index contributed by atoms with van der Waals surface area (Å²) >= 11 is 0. The van der Waals surface area contributed by atoms with Crippen LogP contribution in [0.25, 0.3) is 5.69 Å². The van der Waals surface area contributed by atoms with Crippen molar-refractivity contribution in [3.63, 3.8) is 0 Å². The van der Waals surface area contributed by atoms with Gasteiger partial charge in [0.15, 0.2) is 0 Å². The third kappa shape index (κ3) is 2.22.